The van der Waals surface area contributed by atoms with Crippen molar-refractivity contribution in [2.75, 3.05) is 21.3 Å². The van der Waals surface area contributed by atoms with Gasteiger partial charge in [-0.15, -0.1) is 0 Å². The molecule has 0 spiro atoms. The van der Waals surface area contributed by atoms with E-state index in [9.17, 15) is 9.59 Å². The number of nitrogens with zero attached hydrogens (tertiary/aromatic N) is 3. The SMILES string of the molecule is COc1cc(OC)c(C(=O)OCc2nc3ccccc3c(=O)n2CC#N)cc1OC. The Morgan fingerprint density at radius 1 is 1.07 bits per heavy atom. The summed E-state index contributed by atoms with van der Waals surface area (Å²) in [4.78, 5) is 29.8. The molecule has 0 fully saturated rings. The minimum atomic E-state index is -0.710. The largest absolute Gasteiger partial charge is 0.496 e. The topological polar surface area (TPSA) is 113 Å². The van der Waals surface area contributed by atoms with Gasteiger partial charge in [0, 0.05) is 12.1 Å². The van der Waals surface area contributed by atoms with Crippen LogP contribution in [0.4, 0.5) is 0 Å². The fourth-order valence-electron chi connectivity index (χ4n) is 2.95. The van der Waals surface area contributed by atoms with Crippen LogP contribution in [0.2, 0.25) is 0 Å². The second-order valence-electron chi connectivity index (χ2n) is 6.08. The van der Waals surface area contributed by atoms with Gasteiger partial charge in [-0.25, -0.2) is 9.78 Å². The minimum absolute atomic E-state index is 0.116. The van der Waals surface area contributed by atoms with Crippen LogP contribution in [0.15, 0.2) is 41.2 Å². The molecule has 0 radical (unpaired) electrons. The zero-order chi connectivity index (χ0) is 21.7. The van der Waals surface area contributed by atoms with Gasteiger partial charge >= 0.3 is 5.97 Å². The number of carbonyl (C=O) groups is 1. The molecule has 3 aromatic rings. The summed E-state index contributed by atoms with van der Waals surface area (Å²) in [5, 5.41) is 9.46. The van der Waals surface area contributed by atoms with Gasteiger partial charge in [-0.05, 0) is 12.1 Å². The molecule has 9 nitrogen and oxygen atoms in total. The van der Waals surface area contributed by atoms with E-state index in [1.807, 2.05) is 6.07 Å². The van der Waals surface area contributed by atoms with Crippen molar-refractivity contribution < 1.29 is 23.7 Å². The van der Waals surface area contributed by atoms with Crippen molar-refractivity contribution >= 4 is 16.9 Å². The van der Waals surface area contributed by atoms with Crippen LogP contribution in [0.5, 0.6) is 17.2 Å². The van der Waals surface area contributed by atoms with E-state index in [0.29, 0.717) is 22.4 Å². The van der Waals surface area contributed by atoms with Gasteiger partial charge < -0.3 is 18.9 Å². The number of rotatable bonds is 7. The number of nitriles is 1. The van der Waals surface area contributed by atoms with E-state index in [-0.39, 0.29) is 35.8 Å². The number of carbonyl (C=O) groups excluding carboxylic acids is 1. The van der Waals surface area contributed by atoms with Gasteiger partial charge in [0.05, 0.1) is 38.3 Å². The van der Waals surface area contributed by atoms with Crippen molar-refractivity contribution in [2.24, 2.45) is 0 Å². The summed E-state index contributed by atoms with van der Waals surface area (Å²) in [6, 6.07) is 11.6. The van der Waals surface area contributed by atoms with E-state index >= 15 is 0 Å². The molecule has 0 saturated carbocycles. The van der Waals surface area contributed by atoms with E-state index in [4.69, 9.17) is 24.2 Å². The first-order valence-electron chi connectivity index (χ1n) is 8.86. The van der Waals surface area contributed by atoms with Crippen molar-refractivity contribution in [3.63, 3.8) is 0 Å². The van der Waals surface area contributed by atoms with E-state index in [1.165, 1.54) is 38.0 Å². The van der Waals surface area contributed by atoms with Gasteiger partial charge in [0.2, 0.25) is 0 Å². The first-order chi connectivity index (χ1) is 14.5. The van der Waals surface area contributed by atoms with Gasteiger partial charge in [0.1, 0.15) is 24.5 Å². The summed E-state index contributed by atoms with van der Waals surface area (Å²) in [5.41, 5.74) is 0.188. The van der Waals surface area contributed by atoms with Crippen LogP contribution in [0.1, 0.15) is 16.2 Å². The van der Waals surface area contributed by atoms with Crippen molar-refractivity contribution in [1.29, 1.82) is 5.26 Å². The highest BCUT2D eigenvalue weighted by Gasteiger charge is 2.20. The molecule has 0 aliphatic rings. The number of aromatic nitrogens is 2. The molecular formula is C21H19N3O6. The molecule has 0 atom stereocenters. The van der Waals surface area contributed by atoms with Crippen LogP contribution in [0.25, 0.3) is 10.9 Å². The first kappa shape index (κ1) is 20.7. The smallest absolute Gasteiger partial charge is 0.342 e. The van der Waals surface area contributed by atoms with Gasteiger partial charge in [-0.2, -0.15) is 5.26 Å². The Hall–Kier alpha value is -4.06. The predicted molar refractivity (Wildman–Crippen MR) is 107 cm³/mol. The molecule has 0 unspecified atom stereocenters. The average molecular weight is 409 g/mol. The Labute approximate surface area is 172 Å². The van der Waals surface area contributed by atoms with Crippen LogP contribution in [0, 0.1) is 11.3 Å². The third-order valence-electron chi connectivity index (χ3n) is 4.43. The predicted octanol–water partition coefficient (Wildman–Crippen LogP) is 2.30. The maximum absolute atomic E-state index is 12.7. The number of hydrogen-bond donors (Lipinski definition) is 0. The Morgan fingerprint density at radius 2 is 1.73 bits per heavy atom. The average Bonchev–Trinajstić information content (AvgIpc) is 2.78. The Morgan fingerprint density at radius 3 is 2.40 bits per heavy atom. The summed E-state index contributed by atoms with van der Waals surface area (Å²) in [6.45, 7) is -0.526. The summed E-state index contributed by atoms with van der Waals surface area (Å²) in [6.07, 6.45) is 0. The van der Waals surface area contributed by atoms with E-state index < -0.39 is 5.97 Å². The van der Waals surface area contributed by atoms with Crippen molar-refractivity contribution in [3.8, 4) is 23.3 Å². The molecule has 0 N–H and O–H groups in total. The molecule has 154 valence electrons. The Kier molecular flexibility index (Phi) is 6.17. The summed E-state index contributed by atoms with van der Waals surface area (Å²) in [5.74, 6) is 0.408. The maximum Gasteiger partial charge on any atom is 0.342 e. The van der Waals surface area contributed by atoms with Crippen LogP contribution in [-0.2, 0) is 17.9 Å². The number of esters is 1. The zero-order valence-corrected chi connectivity index (χ0v) is 16.7. The van der Waals surface area contributed by atoms with Gasteiger partial charge in [-0.3, -0.25) is 9.36 Å². The van der Waals surface area contributed by atoms with Crippen LogP contribution in [0.3, 0.4) is 0 Å². The summed E-state index contributed by atoms with van der Waals surface area (Å²) < 4.78 is 22.2. The third kappa shape index (κ3) is 3.89. The summed E-state index contributed by atoms with van der Waals surface area (Å²) >= 11 is 0. The van der Waals surface area contributed by atoms with E-state index in [0.717, 1.165) is 0 Å². The number of benzene rings is 2. The molecule has 1 aromatic heterocycles. The lowest BCUT2D eigenvalue weighted by molar-refractivity contribution is 0.0453. The summed E-state index contributed by atoms with van der Waals surface area (Å²) in [7, 11) is 4.32. The minimum Gasteiger partial charge on any atom is -0.496 e. The highest BCUT2D eigenvalue weighted by molar-refractivity contribution is 5.93. The molecule has 0 aliphatic carbocycles. The zero-order valence-electron chi connectivity index (χ0n) is 16.7. The molecular weight excluding hydrogens is 390 g/mol. The number of methoxy groups -OCH3 is 3. The molecule has 2 aromatic carbocycles. The normalized spacial score (nSPS) is 10.3. The van der Waals surface area contributed by atoms with Crippen LogP contribution in [-0.4, -0.2) is 36.8 Å². The lowest BCUT2D eigenvalue weighted by Gasteiger charge is -2.14. The number of fused-ring (bicyclic) bond motifs is 1. The van der Waals surface area contributed by atoms with Crippen molar-refractivity contribution in [1.82, 2.24) is 9.55 Å². The number of hydrogen-bond acceptors (Lipinski definition) is 8. The van der Waals surface area contributed by atoms with Crippen LogP contribution >= 0.6 is 0 Å². The molecule has 0 bridgehead atoms. The lowest BCUT2D eigenvalue weighted by atomic mass is 10.1. The van der Waals surface area contributed by atoms with Crippen molar-refractivity contribution in [2.45, 2.75) is 13.2 Å². The number of para-hydroxylation sites is 1. The van der Waals surface area contributed by atoms with Crippen molar-refractivity contribution in [3.05, 3.63) is 58.1 Å². The standard InChI is InChI=1S/C21H19N3O6/c1-27-16-11-18(29-3)17(28-2)10-14(16)21(26)30-12-19-23-15-7-5-4-6-13(15)20(25)24(19)9-8-22/h4-7,10-11H,9,12H2,1-3H3. The molecule has 30 heavy (non-hydrogen) atoms. The fraction of sp³-hybridized carbons (Fsp3) is 0.238. The lowest BCUT2D eigenvalue weighted by Crippen LogP contribution is -2.26. The molecule has 0 saturated heterocycles. The molecule has 3 rings (SSSR count). The molecule has 1 heterocycles. The quantitative estimate of drug-likeness (QED) is 0.546. The number of ether oxygens (including phenoxy) is 4. The highest BCUT2D eigenvalue weighted by atomic mass is 16.5. The molecule has 0 amide bonds. The molecule has 0 aliphatic heterocycles. The second kappa shape index (κ2) is 8.96. The maximum atomic E-state index is 12.7. The highest BCUT2D eigenvalue weighted by Crippen LogP contribution is 2.35. The van der Waals surface area contributed by atoms with Gasteiger partial charge in [-0.1, -0.05) is 12.1 Å². The van der Waals surface area contributed by atoms with E-state index in [1.54, 1.807) is 24.3 Å². The van der Waals surface area contributed by atoms with Gasteiger partial charge in [0.25, 0.3) is 5.56 Å². The first-order valence-corrected chi connectivity index (χ1v) is 8.86. The fourth-order valence-corrected chi connectivity index (χ4v) is 2.95. The third-order valence-corrected chi connectivity index (χ3v) is 4.43. The Bertz CT molecular complexity index is 1200. The van der Waals surface area contributed by atoms with E-state index in [2.05, 4.69) is 4.98 Å². The monoisotopic (exact) mass is 409 g/mol. The molecule has 9 heteroatoms. The van der Waals surface area contributed by atoms with Crippen LogP contribution < -0.4 is 19.8 Å². The Balaban J connectivity index is 1.95. The van der Waals surface area contributed by atoms with Gasteiger partial charge in [0.15, 0.2) is 17.3 Å². The second-order valence-corrected chi connectivity index (χ2v) is 6.08.